The van der Waals surface area contributed by atoms with Gasteiger partial charge in [-0.25, -0.2) is 4.39 Å². The molecule has 3 rings (SSSR count). The maximum atomic E-state index is 14.7. The first-order chi connectivity index (χ1) is 12.5. The molecule has 0 amide bonds. The van der Waals surface area contributed by atoms with Gasteiger partial charge >= 0.3 is 0 Å². The number of rotatable bonds is 5. The number of thiocarbonyl (C=S) groups is 1. The van der Waals surface area contributed by atoms with E-state index in [1.54, 1.807) is 13.2 Å². The fourth-order valence-electron chi connectivity index (χ4n) is 2.64. The lowest BCUT2D eigenvalue weighted by molar-refractivity contribution is 0.414. The Balaban J connectivity index is 1.85. The van der Waals surface area contributed by atoms with Crippen LogP contribution in [0.4, 0.5) is 15.8 Å². The summed E-state index contributed by atoms with van der Waals surface area (Å²) in [6.45, 7) is 1.94. The van der Waals surface area contributed by atoms with Crippen LogP contribution >= 0.6 is 28.1 Å². The molecule has 0 atom stereocenters. The monoisotopic (exact) mass is 429 g/mol. The highest BCUT2D eigenvalue weighted by Gasteiger charge is 2.13. The van der Waals surface area contributed by atoms with Crippen LogP contribution in [0.2, 0.25) is 0 Å². The van der Waals surface area contributed by atoms with Crippen molar-refractivity contribution in [3.05, 3.63) is 87.6 Å². The summed E-state index contributed by atoms with van der Waals surface area (Å²) in [5.74, 6) is 0.399. The summed E-state index contributed by atoms with van der Waals surface area (Å²) in [5.41, 5.74) is 3.74. The van der Waals surface area contributed by atoms with Crippen molar-refractivity contribution >= 4 is 44.4 Å². The van der Waals surface area contributed by atoms with Gasteiger partial charge in [0.15, 0.2) is 0 Å². The van der Waals surface area contributed by atoms with Gasteiger partial charge in [-0.05, 0) is 78.7 Å². The van der Waals surface area contributed by atoms with E-state index in [1.165, 1.54) is 6.07 Å². The molecule has 0 fully saturated rings. The summed E-state index contributed by atoms with van der Waals surface area (Å²) >= 11 is 8.92. The molecule has 5 heteroatoms. The number of aryl methyl sites for hydroxylation is 1. The fourth-order valence-corrected chi connectivity index (χ4v) is 3.30. The Morgan fingerprint density at radius 1 is 0.962 bits per heavy atom. The number of benzene rings is 3. The third-order valence-electron chi connectivity index (χ3n) is 4.02. The van der Waals surface area contributed by atoms with Gasteiger partial charge in [0, 0.05) is 21.4 Å². The Hall–Kier alpha value is -2.24. The molecule has 26 heavy (non-hydrogen) atoms. The topological polar surface area (TPSA) is 21.3 Å². The molecule has 0 aromatic heterocycles. The SMILES string of the molecule is COc1ccc(C(=S)c2ccc(Nc3ccc(Br)cc3)cc2F)c(C)c1. The highest BCUT2D eigenvalue weighted by Crippen LogP contribution is 2.25. The molecule has 0 aliphatic carbocycles. The Labute approximate surface area is 166 Å². The average Bonchev–Trinajstić information content (AvgIpc) is 2.63. The molecular formula is C21H17BrFNOS. The van der Waals surface area contributed by atoms with E-state index in [9.17, 15) is 4.39 Å². The van der Waals surface area contributed by atoms with Gasteiger partial charge in [0.2, 0.25) is 0 Å². The molecule has 3 aromatic carbocycles. The molecule has 0 aliphatic rings. The summed E-state index contributed by atoms with van der Waals surface area (Å²) in [5, 5.41) is 3.18. The van der Waals surface area contributed by atoms with Gasteiger partial charge in [0.25, 0.3) is 0 Å². The molecule has 1 N–H and O–H groups in total. The molecule has 3 aromatic rings. The number of ether oxygens (including phenoxy) is 1. The first-order valence-electron chi connectivity index (χ1n) is 7.99. The summed E-state index contributed by atoms with van der Waals surface area (Å²) < 4.78 is 20.9. The maximum Gasteiger partial charge on any atom is 0.133 e. The standard InChI is InChI=1S/C21H17BrFNOS/c1-13-11-17(25-2)8-10-18(13)21(26)19-9-7-16(12-20(19)23)24-15-5-3-14(22)4-6-15/h3-12,24H,1-2H3. The van der Waals surface area contributed by atoms with E-state index >= 15 is 0 Å². The summed E-state index contributed by atoms with van der Waals surface area (Å²) in [4.78, 5) is 0.484. The van der Waals surface area contributed by atoms with Crippen molar-refractivity contribution in [2.45, 2.75) is 6.92 Å². The van der Waals surface area contributed by atoms with E-state index in [4.69, 9.17) is 17.0 Å². The predicted octanol–water partition coefficient (Wildman–Crippen LogP) is 6.42. The normalized spacial score (nSPS) is 10.5. The Morgan fingerprint density at radius 3 is 2.23 bits per heavy atom. The van der Waals surface area contributed by atoms with Crippen molar-refractivity contribution < 1.29 is 9.13 Å². The molecular weight excluding hydrogens is 413 g/mol. The predicted molar refractivity (Wildman–Crippen MR) is 112 cm³/mol. The molecule has 0 unspecified atom stereocenters. The van der Waals surface area contributed by atoms with Crippen LogP contribution in [-0.4, -0.2) is 12.0 Å². The molecule has 132 valence electrons. The van der Waals surface area contributed by atoms with Gasteiger partial charge in [0.05, 0.1) is 12.0 Å². The lowest BCUT2D eigenvalue weighted by Gasteiger charge is -2.12. The fraction of sp³-hybridized carbons (Fsp3) is 0.0952. The molecule has 0 saturated heterocycles. The summed E-state index contributed by atoms with van der Waals surface area (Å²) in [7, 11) is 1.61. The summed E-state index contributed by atoms with van der Waals surface area (Å²) in [6, 6.07) is 18.3. The molecule has 0 spiro atoms. The van der Waals surface area contributed by atoms with Crippen LogP contribution in [0.15, 0.2) is 65.1 Å². The van der Waals surface area contributed by atoms with Gasteiger partial charge in [-0.1, -0.05) is 28.1 Å². The zero-order valence-corrected chi connectivity index (χ0v) is 16.7. The first-order valence-corrected chi connectivity index (χ1v) is 9.19. The van der Waals surface area contributed by atoms with Crippen molar-refractivity contribution in [3.63, 3.8) is 0 Å². The van der Waals surface area contributed by atoms with E-state index < -0.39 is 0 Å². The zero-order valence-electron chi connectivity index (χ0n) is 14.3. The number of halogens is 2. The smallest absolute Gasteiger partial charge is 0.133 e. The Bertz CT molecular complexity index is 957. The average molecular weight is 430 g/mol. The molecule has 0 heterocycles. The third-order valence-corrected chi connectivity index (χ3v) is 4.99. The van der Waals surface area contributed by atoms with Gasteiger partial charge < -0.3 is 10.1 Å². The second-order valence-electron chi connectivity index (χ2n) is 5.84. The zero-order chi connectivity index (χ0) is 18.7. The van der Waals surface area contributed by atoms with Crippen LogP contribution in [-0.2, 0) is 0 Å². The van der Waals surface area contributed by atoms with Crippen LogP contribution < -0.4 is 10.1 Å². The molecule has 2 nitrogen and oxygen atoms in total. The maximum absolute atomic E-state index is 14.7. The number of hydrogen-bond donors (Lipinski definition) is 1. The lowest BCUT2D eigenvalue weighted by Crippen LogP contribution is -2.06. The second kappa shape index (κ2) is 7.98. The number of methoxy groups -OCH3 is 1. The van der Waals surface area contributed by atoms with Crippen molar-refractivity contribution in [2.75, 3.05) is 12.4 Å². The van der Waals surface area contributed by atoms with Crippen LogP contribution in [0.5, 0.6) is 5.75 Å². The van der Waals surface area contributed by atoms with Crippen LogP contribution in [0.1, 0.15) is 16.7 Å². The minimum atomic E-state index is -0.354. The second-order valence-corrected chi connectivity index (χ2v) is 7.16. The van der Waals surface area contributed by atoms with Gasteiger partial charge in [0.1, 0.15) is 11.6 Å². The van der Waals surface area contributed by atoms with E-state index in [0.717, 1.165) is 27.0 Å². The molecule has 0 radical (unpaired) electrons. The highest BCUT2D eigenvalue weighted by molar-refractivity contribution is 9.10. The van der Waals surface area contributed by atoms with Crippen molar-refractivity contribution in [1.82, 2.24) is 0 Å². The van der Waals surface area contributed by atoms with Gasteiger partial charge in [-0.3, -0.25) is 0 Å². The minimum absolute atomic E-state index is 0.354. The van der Waals surface area contributed by atoms with E-state index in [0.29, 0.717) is 16.1 Å². The van der Waals surface area contributed by atoms with E-state index in [2.05, 4.69) is 21.2 Å². The largest absolute Gasteiger partial charge is 0.497 e. The summed E-state index contributed by atoms with van der Waals surface area (Å²) in [6.07, 6.45) is 0. The Morgan fingerprint density at radius 2 is 1.62 bits per heavy atom. The quantitative estimate of drug-likeness (QED) is 0.373. The number of anilines is 2. The first kappa shape index (κ1) is 18.5. The minimum Gasteiger partial charge on any atom is -0.497 e. The van der Waals surface area contributed by atoms with Crippen molar-refractivity contribution in [2.24, 2.45) is 0 Å². The van der Waals surface area contributed by atoms with E-state index in [-0.39, 0.29) is 5.82 Å². The van der Waals surface area contributed by atoms with Gasteiger partial charge in [-0.2, -0.15) is 0 Å². The molecule has 0 aliphatic heterocycles. The van der Waals surface area contributed by atoms with Crippen molar-refractivity contribution in [3.8, 4) is 5.75 Å². The van der Waals surface area contributed by atoms with Crippen LogP contribution in [0.3, 0.4) is 0 Å². The van der Waals surface area contributed by atoms with Crippen LogP contribution in [0.25, 0.3) is 0 Å². The van der Waals surface area contributed by atoms with E-state index in [1.807, 2.05) is 55.5 Å². The molecule has 0 bridgehead atoms. The van der Waals surface area contributed by atoms with Gasteiger partial charge in [-0.15, -0.1) is 0 Å². The number of hydrogen-bond acceptors (Lipinski definition) is 3. The van der Waals surface area contributed by atoms with Crippen molar-refractivity contribution in [1.29, 1.82) is 0 Å². The molecule has 0 saturated carbocycles. The van der Waals surface area contributed by atoms with Crippen LogP contribution in [0, 0.1) is 12.7 Å². The Kier molecular flexibility index (Phi) is 5.69. The number of nitrogens with one attached hydrogen (secondary N) is 1. The highest BCUT2D eigenvalue weighted by atomic mass is 79.9. The lowest BCUT2D eigenvalue weighted by atomic mass is 9.99. The third kappa shape index (κ3) is 4.11.